The monoisotopic (exact) mass is 376 g/mol. The fourth-order valence-electron chi connectivity index (χ4n) is 3.82. The Morgan fingerprint density at radius 2 is 1.15 bits per heavy atom. The molecule has 2 atom stereocenters. The van der Waals surface area contributed by atoms with Gasteiger partial charge in [-0.2, -0.15) is 0 Å². The normalized spacial score (nSPS) is 14.1. The van der Waals surface area contributed by atoms with Crippen molar-refractivity contribution in [3.63, 3.8) is 0 Å². The molecule has 3 aromatic rings. The summed E-state index contributed by atoms with van der Waals surface area (Å²) in [6, 6.07) is 31.8. The molecule has 0 spiro atoms. The summed E-state index contributed by atoms with van der Waals surface area (Å²) in [6.07, 6.45) is 0.468. The van der Waals surface area contributed by atoms with Gasteiger partial charge in [-0.15, -0.1) is 0 Å². The zero-order valence-electron chi connectivity index (χ0n) is 16.4. The highest BCUT2D eigenvalue weighted by Crippen LogP contribution is 2.45. The van der Waals surface area contributed by atoms with Crippen molar-refractivity contribution in [1.29, 1.82) is 0 Å². The number of hydrogen-bond acceptors (Lipinski definition) is 1. The largest absolute Gasteiger partial charge is 0.392 e. The van der Waals surface area contributed by atoms with Crippen LogP contribution in [0.3, 0.4) is 0 Å². The molecular weight excluding hydrogens is 347 g/mol. The fraction of sp³-hybridized carbons (Fsp3) is 0.280. The first-order valence-electron chi connectivity index (χ1n) is 9.60. The third-order valence-electron chi connectivity index (χ3n) is 5.24. The summed E-state index contributed by atoms with van der Waals surface area (Å²) in [7, 11) is -0.640. The standard InChI is InChI=1S/C25H29OP/c1-20(24(26)25(2,3)19-21-13-7-4-8-14-21)27(22-15-9-5-10-16-22)23-17-11-6-12-18-23/h4-18,20,24,26H,19H2,1-3H3/t20-,24+/m1/s1. The van der Waals surface area contributed by atoms with Gasteiger partial charge in [0, 0.05) is 5.66 Å². The summed E-state index contributed by atoms with van der Waals surface area (Å²) < 4.78 is 0. The van der Waals surface area contributed by atoms with E-state index in [2.05, 4.69) is 106 Å². The molecule has 0 unspecified atom stereocenters. The molecule has 2 heteroatoms. The Morgan fingerprint density at radius 1 is 0.741 bits per heavy atom. The van der Waals surface area contributed by atoms with Gasteiger partial charge in [0.2, 0.25) is 0 Å². The third-order valence-corrected chi connectivity index (χ3v) is 8.04. The maximum absolute atomic E-state index is 11.4. The summed E-state index contributed by atoms with van der Waals surface area (Å²) in [5.74, 6) is 0. The molecule has 1 nitrogen and oxygen atoms in total. The van der Waals surface area contributed by atoms with Gasteiger partial charge in [-0.05, 0) is 35.9 Å². The highest BCUT2D eigenvalue weighted by molar-refractivity contribution is 7.73. The van der Waals surface area contributed by atoms with Crippen LogP contribution in [-0.2, 0) is 6.42 Å². The summed E-state index contributed by atoms with van der Waals surface area (Å²) in [6.45, 7) is 6.58. The minimum absolute atomic E-state index is 0.156. The second-order valence-electron chi connectivity index (χ2n) is 7.88. The van der Waals surface area contributed by atoms with E-state index in [1.54, 1.807) is 0 Å². The SMILES string of the molecule is C[C@H]([C@H](O)C(C)(C)Cc1ccccc1)P(c1ccccc1)c1ccccc1. The quantitative estimate of drug-likeness (QED) is 0.566. The predicted octanol–water partition coefficient (Wildman–Crippen LogP) is 5.14. The van der Waals surface area contributed by atoms with Crippen LogP contribution >= 0.6 is 7.92 Å². The first-order chi connectivity index (χ1) is 13.0. The molecule has 0 heterocycles. The Morgan fingerprint density at radius 3 is 1.59 bits per heavy atom. The van der Waals surface area contributed by atoms with Gasteiger partial charge >= 0.3 is 0 Å². The lowest BCUT2D eigenvalue weighted by molar-refractivity contribution is 0.0511. The van der Waals surface area contributed by atoms with Gasteiger partial charge < -0.3 is 5.11 Å². The van der Waals surface area contributed by atoms with Crippen LogP contribution in [-0.4, -0.2) is 16.9 Å². The van der Waals surface area contributed by atoms with E-state index in [-0.39, 0.29) is 11.1 Å². The molecule has 0 amide bonds. The number of aliphatic hydroxyl groups is 1. The summed E-state index contributed by atoms with van der Waals surface area (Å²) >= 11 is 0. The molecule has 0 aromatic heterocycles. The van der Waals surface area contributed by atoms with Crippen molar-refractivity contribution in [2.75, 3.05) is 0 Å². The molecule has 0 saturated heterocycles. The average Bonchev–Trinajstić information content (AvgIpc) is 2.69. The van der Waals surface area contributed by atoms with Crippen molar-refractivity contribution in [3.05, 3.63) is 96.6 Å². The van der Waals surface area contributed by atoms with Gasteiger partial charge in [0.1, 0.15) is 0 Å². The van der Waals surface area contributed by atoms with E-state index in [1.807, 2.05) is 6.07 Å². The molecule has 0 radical (unpaired) electrons. The molecule has 0 aliphatic carbocycles. The van der Waals surface area contributed by atoms with Crippen molar-refractivity contribution < 1.29 is 5.11 Å². The van der Waals surface area contributed by atoms with Crippen LogP contribution in [0.4, 0.5) is 0 Å². The lowest BCUT2D eigenvalue weighted by Gasteiger charge is -2.38. The highest BCUT2D eigenvalue weighted by Gasteiger charge is 2.36. The van der Waals surface area contributed by atoms with E-state index < -0.39 is 14.0 Å². The van der Waals surface area contributed by atoms with E-state index in [9.17, 15) is 5.11 Å². The lowest BCUT2D eigenvalue weighted by Crippen LogP contribution is -2.41. The van der Waals surface area contributed by atoms with Crippen molar-refractivity contribution in [3.8, 4) is 0 Å². The molecule has 0 aliphatic rings. The molecule has 0 aliphatic heterocycles. The van der Waals surface area contributed by atoms with Crippen molar-refractivity contribution in [2.24, 2.45) is 5.41 Å². The molecule has 1 N–H and O–H groups in total. The van der Waals surface area contributed by atoms with Gasteiger partial charge in [-0.1, -0.05) is 112 Å². The Bertz CT molecular complexity index is 775. The molecule has 0 fully saturated rings. The Kier molecular flexibility index (Phi) is 6.47. The fourth-order valence-corrected chi connectivity index (χ4v) is 6.73. The molecule has 140 valence electrons. The van der Waals surface area contributed by atoms with E-state index >= 15 is 0 Å². The Labute approximate surface area is 164 Å². The van der Waals surface area contributed by atoms with Gasteiger partial charge in [0.05, 0.1) is 6.10 Å². The lowest BCUT2D eigenvalue weighted by atomic mass is 9.79. The smallest absolute Gasteiger partial charge is 0.0664 e. The van der Waals surface area contributed by atoms with Crippen LogP contribution in [0, 0.1) is 5.41 Å². The summed E-state index contributed by atoms with van der Waals surface area (Å²) in [5.41, 5.74) is 1.23. The highest BCUT2D eigenvalue weighted by atomic mass is 31.1. The number of benzene rings is 3. The number of aliphatic hydroxyl groups excluding tert-OH is 1. The number of rotatable bonds is 7. The zero-order valence-corrected chi connectivity index (χ0v) is 17.3. The Hall–Kier alpha value is -1.95. The maximum Gasteiger partial charge on any atom is 0.0664 e. The Balaban J connectivity index is 1.90. The first-order valence-corrected chi connectivity index (χ1v) is 11.0. The zero-order chi connectivity index (χ0) is 19.3. The number of hydrogen-bond donors (Lipinski definition) is 1. The van der Waals surface area contributed by atoms with Gasteiger partial charge in [-0.3, -0.25) is 0 Å². The second kappa shape index (κ2) is 8.83. The van der Waals surface area contributed by atoms with Crippen LogP contribution in [0.25, 0.3) is 0 Å². The van der Waals surface area contributed by atoms with Crippen molar-refractivity contribution >= 4 is 18.5 Å². The maximum atomic E-state index is 11.4. The van der Waals surface area contributed by atoms with Gasteiger partial charge in [0.25, 0.3) is 0 Å². The minimum atomic E-state index is -0.640. The molecule has 3 aromatic carbocycles. The average molecular weight is 376 g/mol. The molecule has 0 bridgehead atoms. The van der Waals surface area contributed by atoms with Crippen LogP contribution in [0.1, 0.15) is 26.3 Å². The third kappa shape index (κ3) is 4.86. The van der Waals surface area contributed by atoms with E-state index in [1.165, 1.54) is 16.2 Å². The minimum Gasteiger partial charge on any atom is -0.392 e. The van der Waals surface area contributed by atoms with Crippen LogP contribution < -0.4 is 10.6 Å². The van der Waals surface area contributed by atoms with Crippen LogP contribution in [0.2, 0.25) is 0 Å². The van der Waals surface area contributed by atoms with Crippen molar-refractivity contribution in [2.45, 2.75) is 39.0 Å². The summed E-state index contributed by atoms with van der Waals surface area (Å²) in [5, 5.41) is 14.1. The molecule has 3 rings (SSSR count). The van der Waals surface area contributed by atoms with E-state index in [0.717, 1.165) is 6.42 Å². The molecule has 27 heavy (non-hydrogen) atoms. The van der Waals surface area contributed by atoms with E-state index in [0.29, 0.717) is 0 Å². The van der Waals surface area contributed by atoms with E-state index in [4.69, 9.17) is 0 Å². The molecular formula is C25H29OP. The first kappa shape index (κ1) is 19.8. The molecule has 0 saturated carbocycles. The van der Waals surface area contributed by atoms with Gasteiger partial charge in [0.15, 0.2) is 0 Å². The van der Waals surface area contributed by atoms with Crippen LogP contribution in [0.5, 0.6) is 0 Å². The van der Waals surface area contributed by atoms with Crippen LogP contribution in [0.15, 0.2) is 91.0 Å². The second-order valence-corrected chi connectivity index (χ2v) is 10.5. The van der Waals surface area contributed by atoms with Crippen molar-refractivity contribution in [1.82, 2.24) is 0 Å². The predicted molar refractivity (Wildman–Crippen MR) is 118 cm³/mol. The summed E-state index contributed by atoms with van der Waals surface area (Å²) in [4.78, 5) is 0. The topological polar surface area (TPSA) is 20.2 Å². The van der Waals surface area contributed by atoms with Gasteiger partial charge in [-0.25, -0.2) is 0 Å².